The zero-order valence-corrected chi connectivity index (χ0v) is 14.7. The lowest BCUT2D eigenvalue weighted by molar-refractivity contribution is 0.221. The number of likely N-dealkylation sites (N-methyl/N-ethyl adjacent to an activating group) is 2. The minimum Gasteiger partial charge on any atom is -0.312 e. The summed E-state index contributed by atoms with van der Waals surface area (Å²) in [7, 11) is 6.35. The first kappa shape index (κ1) is 18.1. The van der Waals surface area contributed by atoms with Crippen molar-refractivity contribution in [2.45, 2.75) is 33.2 Å². The molecule has 1 unspecified atom stereocenters. The van der Waals surface area contributed by atoms with E-state index in [1.165, 1.54) is 23.1 Å². The minimum absolute atomic E-state index is 0.400. The molecule has 0 aliphatic heterocycles. The Kier molecular flexibility index (Phi) is 7.94. The molecule has 0 aromatic heterocycles. The molecule has 0 radical (unpaired) electrons. The molecule has 0 bridgehead atoms. The zero-order valence-electron chi connectivity index (χ0n) is 14.7. The molecule has 0 spiro atoms. The van der Waals surface area contributed by atoms with Crippen LogP contribution < -0.4 is 5.32 Å². The second kappa shape index (κ2) is 9.19. The lowest BCUT2D eigenvalue weighted by Gasteiger charge is -2.28. The molecule has 1 aromatic carbocycles. The van der Waals surface area contributed by atoms with Crippen LogP contribution in [0.2, 0.25) is 0 Å². The van der Waals surface area contributed by atoms with E-state index in [2.05, 4.69) is 75.2 Å². The highest BCUT2D eigenvalue weighted by atomic mass is 15.2. The van der Waals surface area contributed by atoms with Crippen LogP contribution in [-0.4, -0.2) is 57.1 Å². The lowest BCUT2D eigenvalue weighted by Crippen LogP contribution is -2.38. The maximum Gasteiger partial charge on any atom is 0.0447 e. The first-order valence-corrected chi connectivity index (χ1v) is 8.08. The van der Waals surface area contributed by atoms with Gasteiger partial charge in [0.15, 0.2) is 0 Å². The monoisotopic (exact) mass is 291 g/mol. The first-order valence-electron chi connectivity index (χ1n) is 8.08. The number of nitrogens with one attached hydrogen (secondary N) is 1. The Morgan fingerprint density at radius 2 is 1.62 bits per heavy atom. The molecule has 21 heavy (non-hydrogen) atoms. The molecule has 0 fully saturated rings. The van der Waals surface area contributed by atoms with Crippen molar-refractivity contribution >= 4 is 0 Å². The predicted molar refractivity (Wildman–Crippen MR) is 93.0 cm³/mol. The van der Waals surface area contributed by atoms with Crippen LogP contribution in [0.3, 0.4) is 0 Å². The van der Waals surface area contributed by atoms with E-state index < -0.39 is 0 Å². The van der Waals surface area contributed by atoms with E-state index in [0.29, 0.717) is 6.04 Å². The number of rotatable bonds is 9. The summed E-state index contributed by atoms with van der Waals surface area (Å²) in [5.41, 5.74) is 4.10. The van der Waals surface area contributed by atoms with Gasteiger partial charge in [0.25, 0.3) is 0 Å². The third-order valence-corrected chi connectivity index (χ3v) is 3.84. The van der Waals surface area contributed by atoms with Crippen LogP contribution in [0.5, 0.6) is 0 Å². The summed E-state index contributed by atoms with van der Waals surface area (Å²) in [5, 5.41) is 3.49. The van der Waals surface area contributed by atoms with Crippen molar-refractivity contribution in [2.24, 2.45) is 0 Å². The van der Waals surface area contributed by atoms with Gasteiger partial charge in [-0.15, -0.1) is 0 Å². The van der Waals surface area contributed by atoms with Crippen LogP contribution in [0.25, 0.3) is 0 Å². The van der Waals surface area contributed by atoms with Crippen molar-refractivity contribution < 1.29 is 0 Å². The summed E-state index contributed by atoms with van der Waals surface area (Å²) < 4.78 is 0. The maximum atomic E-state index is 3.49. The van der Waals surface area contributed by atoms with Gasteiger partial charge in [-0.2, -0.15) is 0 Å². The van der Waals surface area contributed by atoms with Gasteiger partial charge in [0.05, 0.1) is 0 Å². The van der Waals surface area contributed by atoms with Crippen molar-refractivity contribution in [2.75, 3.05) is 47.3 Å². The molecule has 120 valence electrons. The molecule has 1 N–H and O–H groups in total. The Bertz CT molecular complexity index is 395. The van der Waals surface area contributed by atoms with Crippen LogP contribution >= 0.6 is 0 Å². The Hall–Kier alpha value is -0.900. The van der Waals surface area contributed by atoms with Crippen LogP contribution in [0.1, 0.15) is 36.1 Å². The Labute approximate surface area is 131 Å². The molecule has 1 rings (SSSR count). The number of aryl methyl sites for hydroxylation is 2. The summed E-state index contributed by atoms with van der Waals surface area (Å²) in [4.78, 5) is 4.83. The first-order chi connectivity index (χ1) is 9.96. The number of hydrogen-bond acceptors (Lipinski definition) is 3. The highest BCUT2D eigenvalue weighted by Crippen LogP contribution is 2.18. The van der Waals surface area contributed by atoms with Gasteiger partial charge in [-0.3, -0.25) is 0 Å². The largest absolute Gasteiger partial charge is 0.312 e. The smallest absolute Gasteiger partial charge is 0.0447 e. The molecule has 0 heterocycles. The molecular formula is C18H33N3. The average Bonchev–Trinajstić information content (AvgIpc) is 2.40. The van der Waals surface area contributed by atoms with E-state index in [1.807, 2.05) is 0 Å². The van der Waals surface area contributed by atoms with Gasteiger partial charge in [0.1, 0.15) is 0 Å². The Balaban J connectivity index is 2.76. The third kappa shape index (κ3) is 6.60. The molecule has 3 heteroatoms. The normalized spacial score (nSPS) is 13.1. The predicted octanol–water partition coefficient (Wildman–Crippen LogP) is 2.84. The highest BCUT2D eigenvalue weighted by Gasteiger charge is 2.15. The van der Waals surface area contributed by atoms with Crippen LogP contribution in [0.4, 0.5) is 0 Å². The van der Waals surface area contributed by atoms with E-state index in [0.717, 1.165) is 26.2 Å². The summed E-state index contributed by atoms with van der Waals surface area (Å²) in [5.74, 6) is 0. The van der Waals surface area contributed by atoms with Gasteiger partial charge in [0.2, 0.25) is 0 Å². The third-order valence-electron chi connectivity index (χ3n) is 3.84. The van der Waals surface area contributed by atoms with Crippen LogP contribution in [0, 0.1) is 13.8 Å². The lowest BCUT2D eigenvalue weighted by atomic mass is 10.0. The molecule has 1 aromatic rings. The molecule has 3 nitrogen and oxygen atoms in total. The SMILES string of the molecule is CCCN(CCN(C)C)CC(NC)c1cc(C)cc(C)c1. The summed E-state index contributed by atoms with van der Waals surface area (Å²) in [6.45, 7) is 11.1. The van der Waals surface area contributed by atoms with Gasteiger partial charge < -0.3 is 15.1 Å². The maximum absolute atomic E-state index is 3.49. The van der Waals surface area contributed by atoms with Crippen molar-refractivity contribution in [3.8, 4) is 0 Å². The molecular weight excluding hydrogens is 258 g/mol. The summed E-state index contributed by atoms with van der Waals surface area (Å²) >= 11 is 0. The minimum atomic E-state index is 0.400. The fraction of sp³-hybridized carbons (Fsp3) is 0.667. The van der Waals surface area contributed by atoms with Gasteiger partial charge in [-0.25, -0.2) is 0 Å². The average molecular weight is 291 g/mol. The van der Waals surface area contributed by atoms with E-state index in [4.69, 9.17) is 0 Å². The van der Waals surface area contributed by atoms with Crippen molar-refractivity contribution in [3.63, 3.8) is 0 Å². The fourth-order valence-electron chi connectivity index (χ4n) is 2.78. The zero-order chi connectivity index (χ0) is 15.8. The number of hydrogen-bond donors (Lipinski definition) is 1. The number of benzene rings is 1. The Morgan fingerprint density at radius 3 is 2.10 bits per heavy atom. The van der Waals surface area contributed by atoms with Crippen LogP contribution in [-0.2, 0) is 0 Å². The van der Waals surface area contributed by atoms with E-state index in [-0.39, 0.29) is 0 Å². The fourth-order valence-corrected chi connectivity index (χ4v) is 2.78. The van der Waals surface area contributed by atoms with E-state index in [1.54, 1.807) is 0 Å². The van der Waals surface area contributed by atoms with Gasteiger partial charge in [-0.05, 0) is 53.5 Å². The number of nitrogens with zero attached hydrogens (tertiary/aromatic N) is 2. The molecule has 0 saturated carbocycles. The summed E-state index contributed by atoms with van der Waals surface area (Å²) in [6, 6.07) is 7.26. The highest BCUT2D eigenvalue weighted by molar-refractivity contribution is 5.30. The summed E-state index contributed by atoms with van der Waals surface area (Å²) in [6.07, 6.45) is 1.21. The molecule has 0 amide bonds. The molecule has 1 atom stereocenters. The quantitative estimate of drug-likeness (QED) is 0.755. The van der Waals surface area contributed by atoms with Crippen molar-refractivity contribution in [3.05, 3.63) is 34.9 Å². The van der Waals surface area contributed by atoms with E-state index in [9.17, 15) is 0 Å². The topological polar surface area (TPSA) is 18.5 Å². The molecule has 0 saturated heterocycles. The Morgan fingerprint density at radius 1 is 1.00 bits per heavy atom. The second-order valence-corrected chi connectivity index (χ2v) is 6.37. The van der Waals surface area contributed by atoms with Crippen LogP contribution in [0.15, 0.2) is 18.2 Å². The van der Waals surface area contributed by atoms with Crippen molar-refractivity contribution in [1.82, 2.24) is 15.1 Å². The van der Waals surface area contributed by atoms with Gasteiger partial charge >= 0.3 is 0 Å². The van der Waals surface area contributed by atoms with E-state index >= 15 is 0 Å². The standard InChI is InChI=1S/C18H33N3/c1-7-8-21(10-9-20(5)6)14-18(19-4)17-12-15(2)11-16(3)13-17/h11-13,18-19H,7-10,14H2,1-6H3. The van der Waals surface area contributed by atoms with Crippen molar-refractivity contribution in [1.29, 1.82) is 0 Å². The second-order valence-electron chi connectivity index (χ2n) is 6.37. The molecule has 0 aliphatic rings. The molecule has 0 aliphatic carbocycles. The van der Waals surface area contributed by atoms with Gasteiger partial charge in [0, 0.05) is 25.7 Å². The van der Waals surface area contributed by atoms with Gasteiger partial charge in [-0.1, -0.05) is 36.2 Å².